The van der Waals surface area contributed by atoms with Crippen LogP contribution in [0.5, 0.6) is 0 Å². The molecule has 0 amide bonds. The molecule has 0 spiro atoms. The Bertz CT molecular complexity index is 1480. The number of aromatic nitrogens is 2. The van der Waals surface area contributed by atoms with Crippen LogP contribution in [0.4, 0.5) is 0 Å². The normalized spacial score (nSPS) is 27.6. The highest BCUT2D eigenvalue weighted by Gasteiger charge is 2.43. The fourth-order valence-corrected chi connectivity index (χ4v) is 5.29. The number of halogens is 1. The monoisotopic (exact) mass is 526 g/mol. The second kappa shape index (κ2) is 9.64. The summed E-state index contributed by atoms with van der Waals surface area (Å²) in [7, 11) is 0. The third-order valence-electron chi connectivity index (χ3n) is 7.00. The van der Waals surface area contributed by atoms with E-state index in [1.54, 1.807) is 12.1 Å². The van der Waals surface area contributed by atoms with E-state index >= 15 is 0 Å². The van der Waals surface area contributed by atoms with E-state index in [4.69, 9.17) is 26.8 Å². The lowest BCUT2D eigenvalue weighted by Crippen LogP contribution is -2.38. The Kier molecular flexibility index (Phi) is 6.51. The van der Waals surface area contributed by atoms with Gasteiger partial charge in [0.1, 0.15) is 29.7 Å². The zero-order chi connectivity index (χ0) is 26.4. The predicted molar refractivity (Wildman–Crippen MR) is 129 cm³/mol. The molecule has 37 heavy (non-hydrogen) atoms. The number of Topliss-reactive ketones (excluding diaryl/α,β-unsaturated/α-hetero) is 1. The van der Waals surface area contributed by atoms with Crippen LogP contribution in [0.15, 0.2) is 62.8 Å². The molecule has 192 valence electrons. The SMILES string of the molecule is N#CC1=C(N)OC2=C(C(=O)CC(c3ccc(Cl)cc3)C2)C1c1cn([C@H]2C[C@H](O)[C@@H](CO)O2)c(=O)[nH]c1=O. The Morgan fingerprint density at radius 1 is 1.22 bits per heavy atom. The third kappa shape index (κ3) is 4.38. The Balaban J connectivity index is 1.59. The lowest BCUT2D eigenvalue weighted by Gasteiger charge is -2.34. The van der Waals surface area contributed by atoms with Gasteiger partial charge in [0.25, 0.3) is 5.56 Å². The third-order valence-corrected chi connectivity index (χ3v) is 7.25. The highest BCUT2D eigenvalue weighted by atomic mass is 35.5. The van der Waals surface area contributed by atoms with Gasteiger partial charge in [0, 0.05) is 41.6 Å². The molecule has 2 unspecified atom stereocenters. The summed E-state index contributed by atoms with van der Waals surface area (Å²) in [5, 5.41) is 29.9. The second-order valence-electron chi connectivity index (χ2n) is 9.21. The Morgan fingerprint density at radius 3 is 2.59 bits per heavy atom. The molecule has 2 aliphatic heterocycles. The smallest absolute Gasteiger partial charge is 0.330 e. The van der Waals surface area contributed by atoms with E-state index in [0.29, 0.717) is 11.4 Å². The molecule has 1 aromatic heterocycles. The number of carbonyl (C=O) groups is 1. The first-order valence-corrected chi connectivity index (χ1v) is 12.0. The number of ketones is 1. The first-order valence-electron chi connectivity index (χ1n) is 11.6. The molecule has 1 aliphatic carbocycles. The van der Waals surface area contributed by atoms with Crippen LogP contribution in [-0.4, -0.2) is 44.4 Å². The highest BCUT2D eigenvalue weighted by Crippen LogP contribution is 2.46. The van der Waals surface area contributed by atoms with E-state index in [1.165, 1.54) is 6.20 Å². The standard InChI is InChI=1S/C25H23ClN4O7/c26-13-3-1-11(2-4-13)12-5-17(33)22-18(6-12)37-23(28)14(8-27)21(22)15-9-30(25(35)29-24(15)34)20-7-16(32)19(10-31)36-20/h1-4,9,12,16,19-21,31-32H,5-7,10,28H2,(H,29,34,35)/t12?,16-,19+,20+,21?/m0/s1. The number of nitriles is 1. The summed E-state index contributed by atoms with van der Waals surface area (Å²) in [5.74, 6) is -1.69. The van der Waals surface area contributed by atoms with E-state index in [-0.39, 0.29) is 52.9 Å². The molecule has 5 N–H and O–H groups in total. The number of H-pyrrole nitrogens is 1. The van der Waals surface area contributed by atoms with E-state index in [9.17, 15) is 29.9 Å². The molecule has 12 heteroatoms. The molecular weight excluding hydrogens is 504 g/mol. The van der Waals surface area contributed by atoms with Crippen LogP contribution in [0.25, 0.3) is 0 Å². The highest BCUT2D eigenvalue weighted by molar-refractivity contribution is 6.30. The minimum Gasteiger partial charge on any atom is -0.444 e. The van der Waals surface area contributed by atoms with Crippen LogP contribution >= 0.6 is 11.6 Å². The summed E-state index contributed by atoms with van der Waals surface area (Å²) in [4.78, 5) is 41.3. The molecule has 0 radical (unpaired) electrons. The fraction of sp³-hybridized carbons (Fsp3) is 0.360. The predicted octanol–water partition coefficient (Wildman–Crippen LogP) is 1.04. The molecular formula is C25H23ClN4O7. The lowest BCUT2D eigenvalue weighted by molar-refractivity contribution is -0.117. The number of allylic oxidation sites excluding steroid dienone is 3. The van der Waals surface area contributed by atoms with Gasteiger partial charge in [0.05, 0.1) is 18.6 Å². The molecule has 1 aromatic carbocycles. The molecule has 0 bridgehead atoms. The topological polar surface area (TPSA) is 181 Å². The number of aliphatic hydroxyl groups excluding tert-OH is 2. The van der Waals surface area contributed by atoms with Crippen molar-refractivity contribution in [2.45, 2.75) is 49.5 Å². The van der Waals surface area contributed by atoms with Gasteiger partial charge in [0.15, 0.2) is 5.78 Å². The van der Waals surface area contributed by atoms with E-state index in [0.717, 1.165) is 10.1 Å². The molecule has 1 fully saturated rings. The summed E-state index contributed by atoms with van der Waals surface area (Å²) in [6.07, 6.45) is -1.31. The van der Waals surface area contributed by atoms with Gasteiger partial charge in [-0.05, 0) is 23.6 Å². The largest absolute Gasteiger partial charge is 0.444 e. The minimum atomic E-state index is -1.16. The molecule has 2 aromatic rings. The van der Waals surface area contributed by atoms with Crippen LogP contribution in [-0.2, 0) is 14.3 Å². The van der Waals surface area contributed by atoms with Crippen molar-refractivity contribution in [2.24, 2.45) is 5.73 Å². The number of ether oxygens (including phenoxy) is 2. The molecule has 0 saturated carbocycles. The number of benzene rings is 1. The molecule has 3 heterocycles. The number of carbonyl (C=O) groups excluding carboxylic acids is 1. The van der Waals surface area contributed by atoms with Crippen molar-refractivity contribution < 1.29 is 24.5 Å². The number of hydrogen-bond donors (Lipinski definition) is 4. The number of nitrogens with one attached hydrogen (secondary N) is 1. The van der Waals surface area contributed by atoms with Crippen LogP contribution in [0, 0.1) is 11.3 Å². The van der Waals surface area contributed by atoms with Gasteiger partial charge >= 0.3 is 5.69 Å². The van der Waals surface area contributed by atoms with Crippen molar-refractivity contribution in [1.82, 2.24) is 9.55 Å². The number of nitrogens with two attached hydrogens (primary N) is 1. The maximum Gasteiger partial charge on any atom is 0.330 e. The van der Waals surface area contributed by atoms with Crippen LogP contribution in [0.1, 0.15) is 48.5 Å². The average molecular weight is 527 g/mol. The molecule has 1 saturated heterocycles. The number of aromatic amines is 1. The van der Waals surface area contributed by atoms with Gasteiger partial charge in [-0.25, -0.2) is 4.79 Å². The van der Waals surface area contributed by atoms with Gasteiger partial charge in [-0.3, -0.25) is 19.1 Å². The van der Waals surface area contributed by atoms with Crippen molar-refractivity contribution in [3.8, 4) is 6.07 Å². The quantitative estimate of drug-likeness (QED) is 0.452. The maximum absolute atomic E-state index is 13.5. The Morgan fingerprint density at radius 2 is 1.95 bits per heavy atom. The summed E-state index contributed by atoms with van der Waals surface area (Å²) < 4.78 is 12.4. The molecule has 5 atom stereocenters. The average Bonchev–Trinajstić information content (AvgIpc) is 3.24. The van der Waals surface area contributed by atoms with E-state index < -0.39 is 42.2 Å². The first-order chi connectivity index (χ1) is 17.7. The van der Waals surface area contributed by atoms with Crippen molar-refractivity contribution in [2.75, 3.05) is 6.61 Å². The van der Waals surface area contributed by atoms with Gasteiger partial charge in [0.2, 0.25) is 5.88 Å². The van der Waals surface area contributed by atoms with Crippen molar-refractivity contribution in [3.05, 3.63) is 90.2 Å². The Hall–Kier alpha value is -3.69. The lowest BCUT2D eigenvalue weighted by atomic mass is 9.74. The second-order valence-corrected chi connectivity index (χ2v) is 9.64. The van der Waals surface area contributed by atoms with Crippen LogP contribution < -0.4 is 17.0 Å². The summed E-state index contributed by atoms with van der Waals surface area (Å²) in [6, 6.07) is 9.04. The van der Waals surface area contributed by atoms with Crippen LogP contribution in [0.3, 0.4) is 0 Å². The van der Waals surface area contributed by atoms with Gasteiger partial charge in [-0.15, -0.1) is 0 Å². The number of rotatable bonds is 4. The fourth-order valence-electron chi connectivity index (χ4n) is 5.16. The minimum absolute atomic E-state index is 0.0108. The molecule has 3 aliphatic rings. The Labute approximate surface area is 215 Å². The van der Waals surface area contributed by atoms with Crippen molar-refractivity contribution in [1.29, 1.82) is 5.26 Å². The van der Waals surface area contributed by atoms with Crippen molar-refractivity contribution in [3.63, 3.8) is 0 Å². The zero-order valence-electron chi connectivity index (χ0n) is 19.4. The zero-order valence-corrected chi connectivity index (χ0v) is 20.1. The number of hydrogen-bond acceptors (Lipinski definition) is 9. The molecule has 11 nitrogen and oxygen atoms in total. The first kappa shape index (κ1) is 25.0. The van der Waals surface area contributed by atoms with Gasteiger partial charge in [-0.1, -0.05) is 23.7 Å². The van der Waals surface area contributed by atoms with E-state index in [2.05, 4.69) is 4.98 Å². The number of nitrogens with zero attached hydrogens (tertiary/aromatic N) is 2. The summed E-state index contributed by atoms with van der Waals surface area (Å²) >= 11 is 5.99. The maximum atomic E-state index is 13.5. The summed E-state index contributed by atoms with van der Waals surface area (Å²) in [5.41, 5.74) is 5.27. The van der Waals surface area contributed by atoms with Gasteiger partial charge < -0.3 is 25.4 Å². The molecule has 5 rings (SSSR count). The van der Waals surface area contributed by atoms with Gasteiger partial charge in [-0.2, -0.15) is 5.26 Å². The number of aliphatic hydroxyl groups is 2. The van der Waals surface area contributed by atoms with E-state index in [1.807, 2.05) is 18.2 Å². The summed E-state index contributed by atoms with van der Waals surface area (Å²) in [6.45, 7) is -0.458. The van der Waals surface area contributed by atoms with Crippen LogP contribution in [0.2, 0.25) is 5.02 Å². The van der Waals surface area contributed by atoms with Crippen molar-refractivity contribution >= 4 is 17.4 Å².